The molecule has 0 radical (unpaired) electrons. The Hall–Kier alpha value is -2.74. The number of para-hydroxylation sites is 2. The fraction of sp³-hybridized carbons (Fsp3) is 0.412. The van der Waals surface area contributed by atoms with Crippen LogP contribution in [-0.4, -0.2) is 37.9 Å². The fourth-order valence-electron chi connectivity index (χ4n) is 3.11. The maximum absolute atomic E-state index is 12.3. The third-order valence-corrected chi connectivity index (χ3v) is 4.51. The Balaban J connectivity index is 1.71. The number of benzene rings is 1. The molecule has 1 aromatic heterocycles. The highest BCUT2D eigenvalue weighted by Gasteiger charge is 2.29. The lowest BCUT2D eigenvalue weighted by atomic mass is 9.85. The number of aliphatic hydroxyl groups is 1. The number of nitro benzene ring substituents is 1. The number of aromatic nitrogens is 2. The second kappa shape index (κ2) is 7.02. The quantitative estimate of drug-likeness (QED) is 0.638. The summed E-state index contributed by atoms with van der Waals surface area (Å²) >= 11 is 0. The van der Waals surface area contributed by atoms with Gasteiger partial charge in [0.25, 0.3) is 11.6 Å². The molecule has 1 amide bonds. The van der Waals surface area contributed by atoms with E-state index in [1.807, 2.05) is 0 Å². The number of rotatable bonds is 5. The van der Waals surface area contributed by atoms with E-state index in [4.69, 9.17) is 0 Å². The van der Waals surface area contributed by atoms with E-state index in [1.54, 1.807) is 18.2 Å². The van der Waals surface area contributed by atoms with Gasteiger partial charge in [-0.15, -0.1) is 0 Å². The highest BCUT2D eigenvalue weighted by Crippen LogP contribution is 2.27. The van der Waals surface area contributed by atoms with Crippen LogP contribution in [0.4, 0.5) is 5.69 Å². The monoisotopic (exact) mass is 344 g/mol. The first kappa shape index (κ1) is 17.1. The van der Waals surface area contributed by atoms with Crippen molar-refractivity contribution in [1.82, 2.24) is 15.1 Å². The first-order valence-corrected chi connectivity index (χ1v) is 8.29. The fourth-order valence-corrected chi connectivity index (χ4v) is 3.11. The smallest absolute Gasteiger partial charge is 0.294 e. The Morgan fingerprint density at radius 3 is 2.72 bits per heavy atom. The minimum atomic E-state index is -0.852. The van der Waals surface area contributed by atoms with Crippen LogP contribution in [0.5, 0.6) is 0 Å². The molecule has 0 bridgehead atoms. The predicted molar refractivity (Wildman–Crippen MR) is 90.6 cm³/mol. The SMILES string of the molecule is O=C(NCC1(O)CCCCC1)c1ccn(-c2ccccc2[N+](=O)[O-])n1. The molecule has 25 heavy (non-hydrogen) atoms. The van der Waals surface area contributed by atoms with Crippen molar-refractivity contribution in [3.8, 4) is 5.69 Å². The molecule has 1 aromatic carbocycles. The summed E-state index contributed by atoms with van der Waals surface area (Å²) < 4.78 is 1.31. The summed E-state index contributed by atoms with van der Waals surface area (Å²) in [6.07, 6.45) is 5.89. The van der Waals surface area contributed by atoms with Gasteiger partial charge in [-0.25, -0.2) is 4.68 Å². The van der Waals surface area contributed by atoms with E-state index in [2.05, 4.69) is 10.4 Å². The molecule has 3 rings (SSSR count). The summed E-state index contributed by atoms with van der Waals surface area (Å²) in [6.45, 7) is 0.185. The molecule has 1 heterocycles. The molecule has 2 aromatic rings. The summed E-state index contributed by atoms with van der Waals surface area (Å²) in [4.78, 5) is 22.9. The number of nitrogens with zero attached hydrogens (tertiary/aromatic N) is 3. The number of nitrogens with one attached hydrogen (secondary N) is 1. The number of carbonyl (C=O) groups is 1. The molecule has 132 valence electrons. The second-order valence-corrected chi connectivity index (χ2v) is 6.36. The van der Waals surface area contributed by atoms with Crippen LogP contribution in [0.15, 0.2) is 36.5 Å². The van der Waals surface area contributed by atoms with Gasteiger partial charge in [0.15, 0.2) is 5.69 Å². The zero-order valence-electron chi connectivity index (χ0n) is 13.7. The van der Waals surface area contributed by atoms with Crippen molar-refractivity contribution in [3.05, 3.63) is 52.3 Å². The summed E-state index contributed by atoms with van der Waals surface area (Å²) in [5, 5.41) is 28.4. The molecule has 8 heteroatoms. The van der Waals surface area contributed by atoms with E-state index in [9.17, 15) is 20.0 Å². The minimum Gasteiger partial charge on any atom is -0.388 e. The molecule has 8 nitrogen and oxygen atoms in total. The highest BCUT2D eigenvalue weighted by atomic mass is 16.6. The topological polar surface area (TPSA) is 110 Å². The number of amides is 1. The van der Waals surface area contributed by atoms with Gasteiger partial charge < -0.3 is 10.4 Å². The van der Waals surface area contributed by atoms with Gasteiger partial charge in [-0.05, 0) is 25.0 Å². The lowest BCUT2D eigenvalue weighted by molar-refractivity contribution is -0.384. The molecule has 2 N–H and O–H groups in total. The third kappa shape index (κ3) is 3.85. The van der Waals surface area contributed by atoms with Crippen LogP contribution in [0.25, 0.3) is 5.69 Å². The van der Waals surface area contributed by atoms with Gasteiger partial charge in [0.1, 0.15) is 5.69 Å². The number of hydrogen-bond donors (Lipinski definition) is 2. The van der Waals surface area contributed by atoms with E-state index in [0.29, 0.717) is 12.8 Å². The Morgan fingerprint density at radius 2 is 2.00 bits per heavy atom. The van der Waals surface area contributed by atoms with Gasteiger partial charge in [0.05, 0.1) is 10.5 Å². The highest BCUT2D eigenvalue weighted by molar-refractivity contribution is 5.92. The van der Waals surface area contributed by atoms with Crippen molar-refractivity contribution in [3.63, 3.8) is 0 Å². The molecule has 0 aliphatic heterocycles. The van der Waals surface area contributed by atoms with Crippen molar-refractivity contribution in [2.45, 2.75) is 37.7 Å². The average Bonchev–Trinajstić information content (AvgIpc) is 3.10. The van der Waals surface area contributed by atoms with E-state index in [0.717, 1.165) is 19.3 Å². The molecule has 1 aliphatic rings. The molecule has 0 saturated heterocycles. The van der Waals surface area contributed by atoms with Crippen LogP contribution < -0.4 is 5.32 Å². The van der Waals surface area contributed by atoms with Crippen molar-refractivity contribution in [2.75, 3.05) is 6.54 Å². The molecule has 0 spiro atoms. The summed E-state index contributed by atoms with van der Waals surface area (Å²) in [7, 11) is 0. The Labute approximate surface area is 144 Å². The number of nitro groups is 1. The van der Waals surface area contributed by atoms with Crippen LogP contribution >= 0.6 is 0 Å². The Bertz CT molecular complexity index is 780. The summed E-state index contributed by atoms with van der Waals surface area (Å²) in [5.74, 6) is -0.406. The molecule has 1 saturated carbocycles. The molecule has 0 atom stereocenters. The molecular weight excluding hydrogens is 324 g/mol. The van der Waals surface area contributed by atoms with E-state index < -0.39 is 16.4 Å². The number of carbonyl (C=O) groups excluding carboxylic acids is 1. The second-order valence-electron chi connectivity index (χ2n) is 6.36. The third-order valence-electron chi connectivity index (χ3n) is 4.51. The first-order valence-electron chi connectivity index (χ1n) is 8.29. The van der Waals surface area contributed by atoms with E-state index >= 15 is 0 Å². The standard InChI is InChI=1S/C17H20N4O4/c22-16(18-12-17(23)9-4-1-5-10-17)13-8-11-20(19-13)14-6-2-3-7-15(14)21(24)25/h2-3,6-8,11,23H,1,4-5,9-10,12H2,(H,18,22). The maximum Gasteiger partial charge on any atom is 0.294 e. The molecular formula is C17H20N4O4. The van der Waals surface area contributed by atoms with Crippen LogP contribution in [0.1, 0.15) is 42.6 Å². The molecule has 1 aliphatic carbocycles. The van der Waals surface area contributed by atoms with Gasteiger partial charge in [-0.2, -0.15) is 5.10 Å². The lowest BCUT2D eigenvalue weighted by Gasteiger charge is -2.31. The van der Waals surface area contributed by atoms with Crippen molar-refractivity contribution < 1.29 is 14.8 Å². The Kier molecular flexibility index (Phi) is 4.80. The zero-order chi connectivity index (χ0) is 17.9. The molecule has 1 fully saturated rings. The normalized spacial score (nSPS) is 16.4. The summed E-state index contributed by atoms with van der Waals surface area (Å²) in [5.41, 5.74) is -0.501. The van der Waals surface area contributed by atoms with Gasteiger partial charge in [-0.1, -0.05) is 31.4 Å². The predicted octanol–water partition coefficient (Wildman–Crippen LogP) is 2.21. The van der Waals surface area contributed by atoms with Crippen molar-refractivity contribution in [2.24, 2.45) is 0 Å². The van der Waals surface area contributed by atoms with Crippen LogP contribution in [0, 0.1) is 10.1 Å². The first-order chi connectivity index (χ1) is 12.0. The Morgan fingerprint density at radius 1 is 1.28 bits per heavy atom. The van der Waals surface area contributed by atoms with E-state index in [-0.39, 0.29) is 23.6 Å². The summed E-state index contributed by atoms with van der Waals surface area (Å²) in [6, 6.07) is 7.69. The lowest BCUT2D eigenvalue weighted by Crippen LogP contribution is -2.44. The van der Waals surface area contributed by atoms with Gasteiger partial charge in [0.2, 0.25) is 0 Å². The van der Waals surface area contributed by atoms with Crippen LogP contribution in [0.3, 0.4) is 0 Å². The van der Waals surface area contributed by atoms with Crippen LogP contribution in [-0.2, 0) is 0 Å². The minimum absolute atomic E-state index is 0.0888. The van der Waals surface area contributed by atoms with Gasteiger partial charge >= 0.3 is 0 Å². The largest absolute Gasteiger partial charge is 0.388 e. The van der Waals surface area contributed by atoms with Gasteiger partial charge in [0, 0.05) is 18.8 Å². The van der Waals surface area contributed by atoms with E-state index in [1.165, 1.54) is 23.0 Å². The molecule has 0 unspecified atom stereocenters. The number of hydrogen-bond acceptors (Lipinski definition) is 5. The maximum atomic E-state index is 12.3. The zero-order valence-corrected chi connectivity index (χ0v) is 13.7. The van der Waals surface area contributed by atoms with Gasteiger partial charge in [-0.3, -0.25) is 14.9 Å². The van der Waals surface area contributed by atoms with Crippen molar-refractivity contribution >= 4 is 11.6 Å². The van der Waals surface area contributed by atoms with Crippen LogP contribution in [0.2, 0.25) is 0 Å². The van der Waals surface area contributed by atoms with Crippen molar-refractivity contribution in [1.29, 1.82) is 0 Å². The average molecular weight is 344 g/mol.